The molecule has 0 unspecified atom stereocenters. The van der Waals surface area contributed by atoms with Crippen LogP contribution in [0.2, 0.25) is 0 Å². The number of fused-ring (bicyclic) bond motifs is 1. The molecule has 17 heavy (non-hydrogen) atoms. The van der Waals surface area contributed by atoms with E-state index in [-0.39, 0.29) is 5.75 Å². The van der Waals surface area contributed by atoms with Crippen LogP contribution in [-0.4, -0.2) is 36.3 Å². The molecule has 3 rings (SSSR count). The van der Waals surface area contributed by atoms with E-state index in [1.807, 2.05) is 18.3 Å². The van der Waals surface area contributed by atoms with Gasteiger partial charge in [0.25, 0.3) is 0 Å². The molecule has 1 aromatic heterocycles. The van der Waals surface area contributed by atoms with Crippen LogP contribution in [0.4, 0.5) is 5.69 Å². The number of rotatable bonds is 1. The maximum atomic E-state index is 9.69. The molecule has 1 aromatic carbocycles. The van der Waals surface area contributed by atoms with Crippen molar-refractivity contribution < 1.29 is 5.11 Å². The number of piperazine rings is 1. The second-order valence-corrected chi connectivity index (χ2v) is 4.28. The van der Waals surface area contributed by atoms with E-state index in [1.54, 1.807) is 6.07 Å². The minimum atomic E-state index is 0.245. The van der Waals surface area contributed by atoms with E-state index in [9.17, 15) is 5.11 Å². The summed E-state index contributed by atoms with van der Waals surface area (Å²) in [4.78, 5) is 6.66. The first kappa shape index (κ1) is 10.4. The molecule has 0 atom stereocenters. The van der Waals surface area contributed by atoms with Crippen molar-refractivity contribution in [3.8, 4) is 5.75 Å². The summed E-state index contributed by atoms with van der Waals surface area (Å²) in [6.07, 6.45) is 1.84. The zero-order valence-electron chi connectivity index (χ0n) is 9.56. The van der Waals surface area contributed by atoms with Crippen LogP contribution in [0.25, 0.3) is 10.9 Å². The first-order valence-corrected chi connectivity index (χ1v) is 5.88. The molecular weight excluding hydrogens is 214 g/mol. The number of hydrogen-bond acceptors (Lipinski definition) is 4. The third-order valence-electron chi connectivity index (χ3n) is 3.16. The van der Waals surface area contributed by atoms with Gasteiger partial charge >= 0.3 is 0 Å². The Morgan fingerprint density at radius 3 is 2.88 bits per heavy atom. The van der Waals surface area contributed by atoms with Crippen molar-refractivity contribution in [2.45, 2.75) is 0 Å². The molecular formula is C13H15N3O. The normalized spacial score (nSPS) is 16.4. The number of benzene rings is 1. The summed E-state index contributed by atoms with van der Waals surface area (Å²) in [6, 6.07) is 7.59. The first-order valence-electron chi connectivity index (χ1n) is 5.88. The molecule has 1 fully saturated rings. The van der Waals surface area contributed by atoms with Crippen molar-refractivity contribution in [1.82, 2.24) is 10.3 Å². The van der Waals surface area contributed by atoms with Gasteiger partial charge < -0.3 is 15.3 Å². The first-order chi connectivity index (χ1) is 8.34. The van der Waals surface area contributed by atoms with E-state index in [1.165, 1.54) is 0 Å². The van der Waals surface area contributed by atoms with Gasteiger partial charge in [-0.05, 0) is 12.1 Å². The van der Waals surface area contributed by atoms with Crippen LogP contribution >= 0.6 is 0 Å². The molecule has 2 aromatic rings. The molecule has 1 aliphatic heterocycles. The molecule has 1 aliphatic rings. The quantitative estimate of drug-likeness (QED) is 0.775. The van der Waals surface area contributed by atoms with Crippen LogP contribution < -0.4 is 10.2 Å². The van der Waals surface area contributed by atoms with Gasteiger partial charge in [-0.3, -0.25) is 4.98 Å². The number of nitrogens with zero attached hydrogens (tertiary/aromatic N) is 2. The van der Waals surface area contributed by atoms with E-state index in [0.29, 0.717) is 5.52 Å². The SMILES string of the molecule is Oc1cccc2cc(N3CCNCC3)cnc12. The van der Waals surface area contributed by atoms with Crippen molar-refractivity contribution in [3.63, 3.8) is 0 Å². The van der Waals surface area contributed by atoms with Gasteiger partial charge in [0.15, 0.2) is 0 Å². The summed E-state index contributed by atoms with van der Waals surface area (Å²) >= 11 is 0. The zero-order chi connectivity index (χ0) is 11.7. The third-order valence-corrected chi connectivity index (χ3v) is 3.16. The Kier molecular flexibility index (Phi) is 2.57. The van der Waals surface area contributed by atoms with Crippen molar-refractivity contribution in [1.29, 1.82) is 0 Å². The summed E-state index contributed by atoms with van der Waals surface area (Å²) in [7, 11) is 0. The maximum absolute atomic E-state index is 9.69. The number of para-hydroxylation sites is 1. The van der Waals surface area contributed by atoms with Crippen LogP contribution in [0.15, 0.2) is 30.5 Å². The highest BCUT2D eigenvalue weighted by molar-refractivity contribution is 5.86. The average Bonchev–Trinajstić information content (AvgIpc) is 2.40. The highest BCUT2D eigenvalue weighted by Gasteiger charge is 2.11. The van der Waals surface area contributed by atoms with Gasteiger partial charge in [0.1, 0.15) is 11.3 Å². The summed E-state index contributed by atoms with van der Waals surface area (Å²) in [5, 5.41) is 14.0. The van der Waals surface area contributed by atoms with Gasteiger partial charge in [0.2, 0.25) is 0 Å². The molecule has 4 heteroatoms. The van der Waals surface area contributed by atoms with Gasteiger partial charge in [0.05, 0.1) is 11.9 Å². The fraction of sp³-hybridized carbons (Fsp3) is 0.308. The molecule has 2 N–H and O–H groups in total. The van der Waals surface area contributed by atoms with E-state index in [0.717, 1.165) is 37.3 Å². The van der Waals surface area contributed by atoms with Gasteiger partial charge in [-0.2, -0.15) is 0 Å². The fourth-order valence-corrected chi connectivity index (χ4v) is 2.23. The van der Waals surface area contributed by atoms with E-state index >= 15 is 0 Å². The molecule has 2 heterocycles. The van der Waals surface area contributed by atoms with Crippen molar-refractivity contribution >= 4 is 16.6 Å². The number of aromatic hydroxyl groups is 1. The highest BCUT2D eigenvalue weighted by Crippen LogP contribution is 2.25. The number of phenolic OH excluding ortho intramolecular Hbond substituents is 1. The molecule has 0 aliphatic carbocycles. The fourth-order valence-electron chi connectivity index (χ4n) is 2.23. The molecule has 0 bridgehead atoms. The molecule has 0 saturated carbocycles. The largest absolute Gasteiger partial charge is 0.506 e. The van der Waals surface area contributed by atoms with Crippen LogP contribution in [0.1, 0.15) is 0 Å². The second-order valence-electron chi connectivity index (χ2n) is 4.28. The summed E-state index contributed by atoms with van der Waals surface area (Å²) in [5.74, 6) is 0.245. The standard InChI is InChI=1S/C13H15N3O/c17-12-3-1-2-10-8-11(9-15-13(10)12)16-6-4-14-5-7-16/h1-3,8-9,14,17H,4-7H2. The van der Waals surface area contributed by atoms with Gasteiger partial charge in [0, 0.05) is 31.6 Å². The predicted octanol–water partition coefficient (Wildman–Crippen LogP) is 1.35. The Labute approximate surface area is 99.9 Å². The minimum absolute atomic E-state index is 0.245. The Morgan fingerprint density at radius 1 is 1.24 bits per heavy atom. The van der Waals surface area contributed by atoms with Gasteiger partial charge in [-0.15, -0.1) is 0 Å². The van der Waals surface area contributed by atoms with Crippen molar-refractivity contribution in [2.24, 2.45) is 0 Å². The molecule has 0 radical (unpaired) electrons. The summed E-state index contributed by atoms with van der Waals surface area (Å²) in [6.45, 7) is 4.04. The molecule has 0 spiro atoms. The highest BCUT2D eigenvalue weighted by atomic mass is 16.3. The predicted molar refractivity (Wildman–Crippen MR) is 68.5 cm³/mol. The lowest BCUT2D eigenvalue weighted by atomic mass is 10.2. The van der Waals surface area contributed by atoms with Crippen molar-refractivity contribution in [2.75, 3.05) is 31.1 Å². The van der Waals surface area contributed by atoms with Gasteiger partial charge in [-0.1, -0.05) is 12.1 Å². The Balaban J connectivity index is 2.01. The number of hydrogen-bond donors (Lipinski definition) is 2. The van der Waals surface area contributed by atoms with Crippen molar-refractivity contribution in [3.05, 3.63) is 30.5 Å². The monoisotopic (exact) mass is 229 g/mol. The number of aromatic nitrogens is 1. The van der Waals surface area contributed by atoms with E-state index in [2.05, 4.69) is 21.3 Å². The van der Waals surface area contributed by atoms with Crippen LogP contribution in [0, 0.1) is 0 Å². The average molecular weight is 229 g/mol. The van der Waals surface area contributed by atoms with E-state index in [4.69, 9.17) is 0 Å². The third kappa shape index (κ3) is 1.91. The summed E-state index contributed by atoms with van der Waals surface area (Å²) < 4.78 is 0. The van der Waals surface area contributed by atoms with Crippen LogP contribution in [0.3, 0.4) is 0 Å². The maximum Gasteiger partial charge on any atom is 0.141 e. The number of anilines is 1. The topological polar surface area (TPSA) is 48.4 Å². The lowest BCUT2D eigenvalue weighted by Crippen LogP contribution is -2.43. The minimum Gasteiger partial charge on any atom is -0.506 e. The Bertz CT molecular complexity index is 535. The van der Waals surface area contributed by atoms with Gasteiger partial charge in [-0.25, -0.2) is 0 Å². The molecule has 1 saturated heterocycles. The Morgan fingerprint density at radius 2 is 2.06 bits per heavy atom. The van der Waals surface area contributed by atoms with E-state index < -0.39 is 0 Å². The number of nitrogens with one attached hydrogen (secondary N) is 1. The molecule has 88 valence electrons. The number of pyridine rings is 1. The molecule has 0 amide bonds. The zero-order valence-corrected chi connectivity index (χ0v) is 9.56. The lowest BCUT2D eigenvalue weighted by Gasteiger charge is -2.29. The molecule has 4 nitrogen and oxygen atoms in total. The second kappa shape index (κ2) is 4.22. The Hall–Kier alpha value is -1.81. The summed E-state index contributed by atoms with van der Waals surface area (Å²) in [5.41, 5.74) is 1.80. The van der Waals surface area contributed by atoms with Crippen LogP contribution in [-0.2, 0) is 0 Å². The smallest absolute Gasteiger partial charge is 0.141 e. The number of phenols is 1. The van der Waals surface area contributed by atoms with Crippen LogP contribution in [0.5, 0.6) is 5.75 Å². The lowest BCUT2D eigenvalue weighted by molar-refractivity contribution is 0.480.